The van der Waals surface area contributed by atoms with Gasteiger partial charge in [-0.15, -0.1) is 12.4 Å². The fourth-order valence-corrected chi connectivity index (χ4v) is 3.39. The molecular formula is C24H30ClN3O4. The number of nitrogens with zero attached hydrogens (tertiary/aromatic N) is 1. The number of anilines is 1. The van der Waals surface area contributed by atoms with Crippen LogP contribution in [0.5, 0.6) is 5.75 Å². The first-order valence-corrected chi connectivity index (χ1v) is 10.7. The van der Waals surface area contributed by atoms with Crippen molar-refractivity contribution in [3.05, 3.63) is 59.2 Å². The van der Waals surface area contributed by atoms with E-state index < -0.39 is 0 Å². The van der Waals surface area contributed by atoms with Crippen molar-refractivity contribution in [2.75, 3.05) is 18.5 Å². The fourth-order valence-electron chi connectivity index (χ4n) is 3.39. The average Bonchev–Trinajstić information content (AvgIpc) is 2.77. The van der Waals surface area contributed by atoms with Gasteiger partial charge in [-0.05, 0) is 62.1 Å². The molecule has 2 aromatic carbocycles. The van der Waals surface area contributed by atoms with Crippen molar-refractivity contribution < 1.29 is 19.1 Å². The summed E-state index contributed by atoms with van der Waals surface area (Å²) in [5.74, 6) is 0.770. The molecule has 32 heavy (non-hydrogen) atoms. The molecule has 0 aromatic heterocycles. The molecule has 1 unspecified atom stereocenters. The molecule has 8 heteroatoms. The van der Waals surface area contributed by atoms with Crippen molar-refractivity contribution in [2.24, 2.45) is 10.7 Å². The number of fused-ring (bicyclic) bond motifs is 1. The van der Waals surface area contributed by atoms with Crippen LogP contribution >= 0.6 is 12.4 Å². The number of carbonyl (C=O) groups excluding carboxylic acids is 2. The summed E-state index contributed by atoms with van der Waals surface area (Å²) in [5, 5.41) is 2.92. The van der Waals surface area contributed by atoms with Crippen molar-refractivity contribution in [2.45, 2.75) is 45.6 Å². The number of amides is 1. The van der Waals surface area contributed by atoms with Gasteiger partial charge in [0, 0.05) is 23.4 Å². The molecule has 2 aromatic rings. The van der Waals surface area contributed by atoms with Crippen LogP contribution in [0.3, 0.4) is 0 Å². The van der Waals surface area contributed by atoms with E-state index in [1.54, 1.807) is 37.3 Å². The van der Waals surface area contributed by atoms with E-state index in [-0.39, 0.29) is 36.8 Å². The Bertz CT molecular complexity index is 960. The van der Waals surface area contributed by atoms with Crippen LogP contribution in [-0.4, -0.2) is 37.0 Å². The first kappa shape index (κ1) is 25.2. The standard InChI is InChI=1S/C24H29N3O4.ClH/c1-3-13-26-23(25)16-5-7-17(8-6-16)24(29)27-19-10-12-21-18(14-19)9-11-20(31-21)15-22(28)30-4-2;/h5-8,10,12,14,20H,3-4,9,11,13,15H2,1-2H3,(H2,25,26)(H,27,29);1H. The molecule has 1 amide bonds. The molecule has 7 nitrogen and oxygen atoms in total. The molecule has 1 aliphatic heterocycles. The Morgan fingerprint density at radius 1 is 1.16 bits per heavy atom. The Kier molecular flexibility index (Phi) is 9.53. The molecule has 0 radical (unpaired) electrons. The molecule has 3 rings (SSSR count). The number of halogens is 1. The number of amidine groups is 1. The van der Waals surface area contributed by atoms with Gasteiger partial charge in [-0.1, -0.05) is 19.1 Å². The Morgan fingerprint density at radius 3 is 2.56 bits per heavy atom. The van der Waals surface area contributed by atoms with Gasteiger partial charge < -0.3 is 20.5 Å². The number of benzene rings is 2. The molecule has 0 fully saturated rings. The van der Waals surface area contributed by atoms with E-state index in [4.69, 9.17) is 15.2 Å². The maximum Gasteiger partial charge on any atom is 0.309 e. The number of carbonyl (C=O) groups is 2. The minimum absolute atomic E-state index is 0. The van der Waals surface area contributed by atoms with Crippen molar-refractivity contribution >= 4 is 35.8 Å². The predicted molar refractivity (Wildman–Crippen MR) is 128 cm³/mol. The SMILES string of the molecule is CCCN=C(N)c1ccc(C(=O)Nc2ccc3c(c2)CCC(CC(=O)OCC)O3)cc1.Cl. The van der Waals surface area contributed by atoms with Gasteiger partial charge in [0.2, 0.25) is 0 Å². The molecule has 0 saturated carbocycles. The minimum atomic E-state index is -0.246. The van der Waals surface area contributed by atoms with Crippen molar-refractivity contribution in [1.82, 2.24) is 0 Å². The molecule has 0 aliphatic carbocycles. The zero-order valence-corrected chi connectivity index (χ0v) is 19.2. The van der Waals surface area contributed by atoms with Gasteiger partial charge in [-0.2, -0.15) is 0 Å². The lowest BCUT2D eigenvalue weighted by Crippen LogP contribution is -2.26. The average molecular weight is 460 g/mol. The first-order valence-electron chi connectivity index (χ1n) is 10.7. The Hall–Kier alpha value is -3.06. The van der Waals surface area contributed by atoms with Crippen molar-refractivity contribution in [1.29, 1.82) is 0 Å². The molecule has 0 spiro atoms. The van der Waals surface area contributed by atoms with Gasteiger partial charge in [-0.3, -0.25) is 14.6 Å². The summed E-state index contributed by atoms with van der Waals surface area (Å²) in [4.78, 5) is 28.6. The molecule has 172 valence electrons. The maximum atomic E-state index is 12.6. The number of ether oxygens (including phenoxy) is 2. The number of aliphatic imine (C=N–C) groups is 1. The summed E-state index contributed by atoms with van der Waals surface area (Å²) in [6, 6.07) is 12.6. The highest BCUT2D eigenvalue weighted by atomic mass is 35.5. The predicted octanol–water partition coefficient (Wildman–Crippen LogP) is 4.12. The summed E-state index contributed by atoms with van der Waals surface area (Å²) in [6.45, 7) is 4.88. The van der Waals surface area contributed by atoms with E-state index in [1.165, 1.54) is 0 Å². The molecular weight excluding hydrogens is 430 g/mol. The van der Waals surface area contributed by atoms with E-state index in [0.717, 1.165) is 36.1 Å². The normalized spacial score (nSPS) is 15.1. The minimum Gasteiger partial charge on any atom is -0.490 e. The molecule has 1 heterocycles. The van der Waals surface area contributed by atoms with E-state index in [0.29, 0.717) is 30.2 Å². The second kappa shape index (κ2) is 12.1. The number of aryl methyl sites for hydroxylation is 1. The van der Waals surface area contributed by atoms with Crippen LogP contribution < -0.4 is 15.8 Å². The summed E-state index contributed by atoms with van der Waals surface area (Å²) in [6.07, 6.45) is 2.49. The van der Waals surface area contributed by atoms with Crippen LogP contribution in [0.2, 0.25) is 0 Å². The van der Waals surface area contributed by atoms with E-state index >= 15 is 0 Å². The van der Waals surface area contributed by atoms with Gasteiger partial charge in [-0.25, -0.2) is 0 Å². The lowest BCUT2D eigenvalue weighted by molar-refractivity contribution is -0.145. The van der Waals surface area contributed by atoms with Crippen LogP contribution in [0.4, 0.5) is 5.69 Å². The van der Waals surface area contributed by atoms with Gasteiger partial charge in [0.1, 0.15) is 17.7 Å². The molecule has 3 N–H and O–H groups in total. The van der Waals surface area contributed by atoms with E-state index in [1.807, 2.05) is 19.1 Å². The number of nitrogens with two attached hydrogens (primary N) is 1. The van der Waals surface area contributed by atoms with Gasteiger partial charge >= 0.3 is 5.97 Å². The van der Waals surface area contributed by atoms with E-state index in [2.05, 4.69) is 10.3 Å². The summed E-state index contributed by atoms with van der Waals surface area (Å²) >= 11 is 0. The number of nitrogens with one attached hydrogen (secondary N) is 1. The van der Waals surface area contributed by atoms with Gasteiger partial charge in [0.15, 0.2) is 0 Å². The lowest BCUT2D eigenvalue weighted by atomic mass is 10.00. The van der Waals surface area contributed by atoms with Crippen LogP contribution in [0.15, 0.2) is 47.5 Å². The lowest BCUT2D eigenvalue weighted by Gasteiger charge is -2.26. The quantitative estimate of drug-likeness (QED) is 0.351. The molecule has 1 aliphatic rings. The second-order valence-corrected chi connectivity index (χ2v) is 7.41. The maximum absolute atomic E-state index is 12.6. The van der Waals surface area contributed by atoms with Crippen LogP contribution in [0.25, 0.3) is 0 Å². The zero-order chi connectivity index (χ0) is 22.2. The van der Waals surface area contributed by atoms with Crippen molar-refractivity contribution in [3.63, 3.8) is 0 Å². The third-order valence-corrected chi connectivity index (χ3v) is 5.00. The van der Waals surface area contributed by atoms with E-state index in [9.17, 15) is 9.59 Å². The zero-order valence-electron chi connectivity index (χ0n) is 18.4. The summed E-state index contributed by atoms with van der Waals surface area (Å²) < 4.78 is 10.9. The highest BCUT2D eigenvalue weighted by Gasteiger charge is 2.23. The number of hydrogen-bond donors (Lipinski definition) is 2. The summed E-state index contributed by atoms with van der Waals surface area (Å²) in [5.41, 5.74) is 9.00. The fraction of sp³-hybridized carbons (Fsp3) is 0.375. The number of rotatable bonds is 8. The molecule has 0 bridgehead atoms. The van der Waals surface area contributed by atoms with Crippen molar-refractivity contribution in [3.8, 4) is 5.75 Å². The van der Waals surface area contributed by atoms with Gasteiger partial charge in [0.25, 0.3) is 5.91 Å². The van der Waals surface area contributed by atoms with Crippen LogP contribution in [0.1, 0.15) is 54.6 Å². The number of hydrogen-bond acceptors (Lipinski definition) is 5. The Labute approximate surface area is 194 Å². The third-order valence-electron chi connectivity index (χ3n) is 5.00. The molecule has 0 saturated heterocycles. The highest BCUT2D eigenvalue weighted by Crippen LogP contribution is 2.31. The first-order chi connectivity index (χ1) is 15.0. The van der Waals surface area contributed by atoms with Crippen LogP contribution in [-0.2, 0) is 16.0 Å². The second-order valence-electron chi connectivity index (χ2n) is 7.41. The Balaban J connectivity index is 0.00000363. The topological polar surface area (TPSA) is 103 Å². The smallest absolute Gasteiger partial charge is 0.309 e. The monoisotopic (exact) mass is 459 g/mol. The molecule has 1 atom stereocenters. The van der Waals surface area contributed by atoms with Crippen LogP contribution in [0, 0.1) is 0 Å². The highest BCUT2D eigenvalue weighted by molar-refractivity contribution is 6.05. The largest absolute Gasteiger partial charge is 0.490 e. The number of esters is 1. The summed E-state index contributed by atoms with van der Waals surface area (Å²) in [7, 11) is 0. The van der Waals surface area contributed by atoms with Gasteiger partial charge in [0.05, 0.1) is 13.0 Å². The third kappa shape index (κ3) is 6.72. The Morgan fingerprint density at radius 2 is 1.88 bits per heavy atom.